The van der Waals surface area contributed by atoms with E-state index >= 15 is 0 Å². The van der Waals surface area contributed by atoms with Crippen LogP contribution in [0.3, 0.4) is 0 Å². The molecule has 0 spiro atoms. The van der Waals surface area contributed by atoms with Gasteiger partial charge in [0.05, 0.1) is 0 Å². The Kier molecular flexibility index (Phi) is 69.1. The van der Waals surface area contributed by atoms with Crippen LogP contribution >= 0.6 is 0 Å². The lowest BCUT2D eigenvalue weighted by Gasteiger charge is -2.18. The molecular formula is C76H142O6. The van der Waals surface area contributed by atoms with E-state index in [1.807, 2.05) is 0 Å². The maximum absolute atomic E-state index is 12.9. The van der Waals surface area contributed by atoms with E-state index in [-0.39, 0.29) is 31.1 Å². The van der Waals surface area contributed by atoms with Crippen LogP contribution in [0.25, 0.3) is 0 Å². The molecule has 482 valence electrons. The maximum atomic E-state index is 12.9. The van der Waals surface area contributed by atoms with Crippen molar-refractivity contribution in [1.29, 1.82) is 0 Å². The molecule has 0 saturated heterocycles. The zero-order chi connectivity index (χ0) is 59.2. The van der Waals surface area contributed by atoms with Gasteiger partial charge in [-0.3, -0.25) is 14.4 Å². The zero-order valence-corrected chi connectivity index (χ0v) is 55.5. The molecule has 0 aromatic carbocycles. The van der Waals surface area contributed by atoms with Gasteiger partial charge in [0.25, 0.3) is 0 Å². The number of carbonyl (C=O) groups excluding carboxylic acids is 3. The predicted octanol–water partition coefficient (Wildman–Crippen LogP) is 25.5. The highest BCUT2D eigenvalue weighted by atomic mass is 16.6. The van der Waals surface area contributed by atoms with Gasteiger partial charge in [-0.2, -0.15) is 0 Å². The van der Waals surface area contributed by atoms with E-state index in [0.29, 0.717) is 19.3 Å². The summed E-state index contributed by atoms with van der Waals surface area (Å²) in [4.78, 5) is 38.2. The average molecular weight is 1150 g/mol. The van der Waals surface area contributed by atoms with Gasteiger partial charge in [-0.05, 0) is 57.8 Å². The minimum absolute atomic E-state index is 0.0704. The molecule has 0 fully saturated rings. The minimum Gasteiger partial charge on any atom is -0.462 e. The van der Waals surface area contributed by atoms with Crippen LogP contribution in [-0.4, -0.2) is 37.2 Å². The third-order valence-corrected chi connectivity index (χ3v) is 16.9. The number of carbonyl (C=O) groups is 3. The first-order valence-electron chi connectivity index (χ1n) is 37.0. The molecule has 0 saturated carbocycles. The van der Waals surface area contributed by atoms with Crippen LogP contribution in [0, 0.1) is 0 Å². The molecule has 0 aromatic rings. The summed E-state index contributed by atoms with van der Waals surface area (Å²) < 4.78 is 16.9. The van der Waals surface area contributed by atoms with Crippen LogP contribution in [0.2, 0.25) is 0 Å². The molecule has 0 aliphatic rings. The van der Waals surface area contributed by atoms with Crippen molar-refractivity contribution in [2.45, 2.75) is 419 Å². The second kappa shape index (κ2) is 71.1. The molecule has 1 atom stereocenters. The van der Waals surface area contributed by atoms with E-state index in [1.54, 1.807) is 0 Å². The van der Waals surface area contributed by atoms with Crippen LogP contribution in [0.1, 0.15) is 412 Å². The Hall–Kier alpha value is -2.37. The molecule has 6 heteroatoms. The first kappa shape index (κ1) is 79.6. The van der Waals surface area contributed by atoms with Gasteiger partial charge in [-0.25, -0.2) is 0 Å². The topological polar surface area (TPSA) is 78.9 Å². The zero-order valence-electron chi connectivity index (χ0n) is 55.5. The Labute approximate surface area is 512 Å². The molecule has 82 heavy (non-hydrogen) atoms. The molecule has 0 aromatic heterocycles. The number of unbranched alkanes of at least 4 members (excludes halogenated alkanes) is 52. The largest absolute Gasteiger partial charge is 0.462 e. The highest BCUT2D eigenvalue weighted by molar-refractivity contribution is 5.71. The number of allylic oxidation sites excluding steroid dienone is 6. The molecular weight excluding hydrogens is 1010 g/mol. The number of rotatable bonds is 69. The Bertz CT molecular complexity index is 1370. The normalized spacial score (nSPS) is 12.2. The quantitative estimate of drug-likeness (QED) is 0.0261. The maximum Gasteiger partial charge on any atom is 0.306 e. The van der Waals surface area contributed by atoms with Crippen molar-refractivity contribution in [2.75, 3.05) is 13.2 Å². The minimum atomic E-state index is -0.772. The summed E-state index contributed by atoms with van der Waals surface area (Å²) in [6, 6.07) is 0. The Morgan fingerprint density at radius 1 is 0.244 bits per heavy atom. The molecule has 0 amide bonds. The van der Waals surface area contributed by atoms with Crippen molar-refractivity contribution in [3.63, 3.8) is 0 Å². The number of ether oxygens (including phenoxy) is 3. The molecule has 0 radical (unpaired) electrons. The van der Waals surface area contributed by atoms with Gasteiger partial charge in [0.15, 0.2) is 6.10 Å². The molecule has 6 nitrogen and oxygen atoms in total. The molecule has 0 N–H and O–H groups in total. The van der Waals surface area contributed by atoms with Crippen molar-refractivity contribution in [3.8, 4) is 0 Å². The van der Waals surface area contributed by atoms with E-state index < -0.39 is 6.10 Å². The summed E-state index contributed by atoms with van der Waals surface area (Å²) >= 11 is 0. The van der Waals surface area contributed by atoms with E-state index in [2.05, 4.69) is 57.2 Å². The van der Waals surface area contributed by atoms with Gasteiger partial charge in [0.2, 0.25) is 0 Å². The van der Waals surface area contributed by atoms with Crippen LogP contribution in [0.4, 0.5) is 0 Å². The first-order valence-corrected chi connectivity index (χ1v) is 37.0. The smallest absolute Gasteiger partial charge is 0.306 e. The fourth-order valence-electron chi connectivity index (χ4n) is 11.3. The van der Waals surface area contributed by atoms with Gasteiger partial charge < -0.3 is 14.2 Å². The first-order chi connectivity index (χ1) is 40.5. The van der Waals surface area contributed by atoms with Crippen molar-refractivity contribution in [2.24, 2.45) is 0 Å². The Morgan fingerprint density at radius 2 is 0.439 bits per heavy atom. The second-order valence-electron chi connectivity index (χ2n) is 25.2. The number of hydrogen-bond acceptors (Lipinski definition) is 6. The van der Waals surface area contributed by atoms with Gasteiger partial charge in [-0.1, -0.05) is 372 Å². The van der Waals surface area contributed by atoms with Gasteiger partial charge in [0.1, 0.15) is 13.2 Å². The fraction of sp³-hybridized carbons (Fsp3) is 0.882. The fourth-order valence-corrected chi connectivity index (χ4v) is 11.3. The Balaban J connectivity index is 3.96. The molecule has 0 heterocycles. The average Bonchev–Trinajstić information content (AvgIpc) is 3.48. The Morgan fingerprint density at radius 3 is 0.683 bits per heavy atom. The SMILES string of the molecule is CCCCCCC/C=C\C/C=C\C/C=C\CCCCCCCCCCC(=O)OC(COC(=O)CCCCCCCCC)COC(=O)CCCCCCCCCCCCCCCCCCCCCCCCCCCCCCCCCCCC. The number of esters is 3. The summed E-state index contributed by atoms with van der Waals surface area (Å²) in [5.41, 5.74) is 0. The van der Waals surface area contributed by atoms with Crippen molar-refractivity contribution < 1.29 is 28.6 Å². The van der Waals surface area contributed by atoms with Crippen molar-refractivity contribution >= 4 is 17.9 Å². The predicted molar refractivity (Wildman–Crippen MR) is 358 cm³/mol. The lowest BCUT2D eigenvalue weighted by Crippen LogP contribution is -2.30. The van der Waals surface area contributed by atoms with Crippen LogP contribution < -0.4 is 0 Å². The van der Waals surface area contributed by atoms with Crippen molar-refractivity contribution in [3.05, 3.63) is 36.5 Å². The molecule has 0 aliphatic carbocycles. The summed E-state index contributed by atoms with van der Waals surface area (Å²) in [7, 11) is 0. The second-order valence-corrected chi connectivity index (χ2v) is 25.2. The van der Waals surface area contributed by atoms with Crippen LogP contribution in [0.5, 0.6) is 0 Å². The van der Waals surface area contributed by atoms with Gasteiger partial charge >= 0.3 is 17.9 Å². The van der Waals surface area contributed by atoms with Gasteiger partial charge in [-0.15, -0.1) is 0 Å². The van der Waals surface area contributed by atoms with E-state index in [1.165, 1.54) is 295 Å². The molecule has 0 rings (SSSR count). The monoisotopic (exact) mass is 1150 g/mol. The molecule has 0 aliphatic heterocycles. The summed E-state index contributed by atoms with van der Waals surface area (Å²) in [6.45, 7) is 6.65. The van der Waals surface area contributed by atoms with Crippen LogP contribution in [0.15, 0.2) is 36.5 Å². The number of hydrogen-bond donors (Lipinski definition) is 0. The highest BCUT2D eigenvalue weighted by Gasteiger charge is 2.19. The van der Waals surface area contributed by atoms with Crippen LogP contribution in [-0.2, 0) is 28.6 Å². The third-order valence-electron chi connectivity index (χ3n) is 16.9. The molecule has 1 unspecified atom stereocenters. The standard InChI is InChI=1S/C76H142O6/c1-4-7-10-13-16-18-20-22-24-26-28-30-32-33-34-35-36-37-38-39-40-41-42-44-45-47-49-51-53-55-57-60-63-66-69-75(78)81-72-73(71-80-74(77)68-65-62-59-15-12-9-6-3)82-76(79)70-67-64-61-58-56-54-52-50-48-46-43-31-29-27-25-23-21-19-17-14-11-8-5-2/h21,23,27,29,43,46,73H,4-20,22,24-26,28,30-42,44-45,47-72H2,1-3H3/b23-21-,29-27-,46-43-. The van der Waals surface area contributed by atoms with Crippen molar-refractivity contribution in [1.82, 2.24) is 0 Å². The lowest BCUT2D eigenvalue weighted by atomic mass is 10.0. The van der Waals surface area contributed by atoms with E-state index in [4.69, 9.17) is 14.2 Å². The summed E-state index contributed by atoms with van der Waals surface area (Å²) in [6.07, 6.45) is 89.5. The lowest BCUT2D eigenvalue weighted by molar-refractivity contribution is -0.167. The molecule has 0 bridgehead atoms. The van der Waals surface area contributed by atoms with E-state index in [9.17, 15) is 14.4 Å². The van der Waals surface area contributed by atoms with E-state index in [0.717, 1.165) is 77.0 Å². The summed E-state index contributed by atoms with van der Waals surface area (Å²) in [5.74, 6) is -0.859. The van der Waals surface area contributed by atoms with Gasteiger partial charge in [0, 0.05) is 19.3 Å². The highest BCUT2D eigenvalue weighted by Crippen LogP contribution is 2.19. The third kappa shape index (κ3) is 68.4. The summed E-state index contributed by atoms with van der Waals surface area (Å²) in [5, 5.41) is 0.